The Morgan fingerprint density at radius 2 is 1.92 bits per heavy atom. The van der Waals surface area contributed by atoms with Crippen molar-refractivity contribution < 1.29 is 4.79 Å². The molecule has 1 aromatic heterocycles. The van der Waals surface area contributed by atoms with Crippen molar-refractivity contribution >= 4 is 35.0 Å². The van der Waals surface area contributed by atoms with Crippen LogP contribution in [0.2, 0.25) is 5.02 Å². The number of aromatic nitrogens is 4. The van der Waals surface area contributed by atoms with Gasteiger partial charge in [0.2, 0.25) is 11.1 Å². The van der Waals surface area contributed by atoms with Crippen LogP contribution in [0.5, 0.6) is 0 Å². The second kappa shape index (κ2) is 7.99. The number of hydrogen-bond donors (Lipinski definition) is 1. The number of carbonyl (C=O) groups excluding carboxylic acids is 1. The van der Waals surface area contributed by atoms with Crippen molar-refractivity contribution in [1.29, 1.82) is 5.26 Å². The zero-order chi connectivity index (χ0) is 18.5. The van der Waals surface area contributed by atoms with Gasteiger partial charge >= 0.3 is 0 Å². The number of anilines is 1. The zero-order valence-electron chi connectivity index (χ0n) is 13.6. The lowest BCUT2D eigenvalue weighted by atomic mass is 10.2. The largest absolute Gasteiger partial charge is 0.325 e. The Morgan fingerprint density at radius 1 is 1.23 bits per heavy atom. The van der Waals surface area contributed by atoms with Gasteiger partial charge in [-0.05, 0) is 65.9 Å². The quantitative estimate of drug-likeness (QED) is 0.678. The minimum atomic E-state index is -0.428. The van der Waals surface area contributed by atoms with Gasteiger partial charge in [-0.1, -0.05) is 23.4 Å². The normalized spacial score (nSPS) is 11.6. The standard InChI is InChI=1S/C17H13ClN6OS/c1-11(16(25)20-14-6-2-12(10-19)3-7-14)26-17-21-22-23-24(17)15-8-4-13(18)5-9-15/h2-9,11H,1H3,(H,20,25)/t11-/m0/s1. The molecule has 2 aromatic carbocycles. The molecule has 0 aliphatic rings. The van der Waals surface area contributed by atoms with E-state index in [2.05, 4.69) is 20.8 Å². The molecule has 0 aliphatic heterocycles. The molecule has 0 saturated carbocycles. The maximum absolute atomic E-state index is 12.4. The minimum Gasteiger partial charge on any atom is -0.325 e. The smallest absolute Gasteiger partial charge is 0.237 e. The van der Waals surface area contributed by atoms with E-state index in [0.29, 0.717) is 21.4 Å². The van der Waals surface area contributed by atoms with Crippen LogP contribution >= 0.6 is 23.4 Å². The molecular weight excluding hydrogens is 372 g/mol. The van der Waals surface area contributed by atoms with Gasteiger partial charge in [0.05, 0.1) is 22.6 Å². The van der Waals surface area contributed by atoms with Crippen LogP contribution in [0, 0.1) is 11.3 Å². The SMILES string of the molecule is C[C@H](Sc1nnnn1-c1ccc(Cl)cc1)C(=O)Nc1ccc(C#N)cc1. The molecule has 3 aromatic rings. The molecule has 0 spiro atoms. The van der Waals surface area contributed by atoms with Crippen molar-refractivity contribution in [3.8, 4) is 11.8 Å². The maximum Gasteiger partial charge on any atom is 0.237 e. The van der Waals surface area contributed by atoms with Crippen LogP contribution in [-0.4, -0.2) is 31.4 Å². The van der Waals surface area contributed by atoms with E-state index in [1.807, 2.05) is 6.07 Å². The van der Waals surface area contributed by atoms with Crippen LogP contribution in [0.25, 0.3) is 5.69 Å². The van der Waals surface area contributed by atoms with E-state index in [9.17, 15) is 4.79 Å². The van der Waals surface area contributed by atoms with E-state index < -0.39 is 5.25 Å². The summed E-state index contributed by atoms with van der Waals surface area (Å²) in [5, 5.41) is 23.9. The number of nitriles is 1. The first kappa shape index (κ1) is 17.9. The Kier molecular flexibility index (Phi) is 5.51. The number of carbonyl (C=O) groups is 1. The molecule has 0 unspecified atom stereocenters. The number of thioether (sulfide) groups is 1. The lowest BCUT2D eigenvalue weighted by Gasteiger charge is -2.11. The Bertz CT molecular complexity index is 949. The van der Waals surface area contributed by atoms with E-state index >= 15 is 0 Å². The summed E-state index contributed by atoms with van der Waals surface area (Å²) in [6.45, 7) is 1.77. The molecule has 1 amide bonds. The van der Waals surface area contributed by atoms with E-state index in [1.54, 1.807) is 60.1 Å². The van der Waals surface area contributed by atoms with Crippen LogP contribution in [0.15, 0.2) is 53.7 Å². The Balaban J connectivity index is 1.69. The molecule has 0 bridgehead atoms. The Labute approximate surface area is 159 Å². The lowest BCUT2D eigenvalue weighted by Crippen LogP contribution is -2.22. The average molecular weight is 385 g/mol. The van der Waals surface area contributed by atoms with Gasteiger partial charge in [-0.25, -0.2) is 0 Å². The third kappa shape index (κ3) is 4.20. The topological polar surface area (TPSA) is 96.5 Å². The van der Waals surface area contributed by atoms with Crippen molar-refractivity contribution in [3.05, 3.63) is 59.1 Å². The summed E-state index contributed by atoms with van der Waals surface area (Å²) < 4.78 is 1.55. The average Bonchev–Trinajstić information content (AvgIpc) is 3.11. The number of nitrogens with one attached hydrogen (secondary N) is 1. The molecular formula is C17H13ClN6OS. The molecule has 0 radical (unpaired) electrons. The zero-order valence-corrected chi connectivity index (χ0v) is 15.2. The van der Waals surface area contributed by atoms with Crippen molar-refractivity contribution in [3.63, 3.8) is 0 Å². The highest BCUT2D eigenvalue weighted by atomic mass is 35.5. The molecule has 130 valence electrons. The summed E-state index contributed by atoms with van der Waals surface area (Å²) in [5.74, 6) is -0.189. The predicted molar refractivity (Wildman–Crippen MR) is 99.3 cm³/mol. The van der Waals surface area contributed by atoms with Crippen molar-refractivity contribution in [1.82, 2.24) is 20.2 Å². The highest BCUT2D eigenvalue weighted by Gasteiger charge is 2.19. The Hall–Kier alpha value is -2.89. The van der Waals surface area contributed by atoms with Gasteiger partial charge in [0.25, 0.3) is 0 Å². The summed E-state index contributed by atoms with van der Waals surface area (Å²) in [5.41, 5.74) is 1.91. The van der Waals surface area contributed by atoms with Gasteiger partial charge in [0.1, 0.15) is 0 Å². The summed E-state index contributed by atoms with van der Waals surface area (Å²) >= 11 is 7.14. The third-order valence-corrected chi connectivity index (χ3v) is 4.73. The summed E-state index contributed by atoms with van der Waals surface area (Å²) in [7, 11) is 0. The minimum absolute atomic E-state index is 0.189. The molecule has 0 fully saturated rings. The second-order valence-electron chi connectivity index (χ2n) is 5.29. The molecule has 0 aliphatic carbocycles. The van der Waals surface area contributed by atoms with E-state index in [0.717, 1.165) is 5.69 Å². The third-order valence-electron chi connectivity index (χ3n) is 3.45. The molecule has 1 heterocycles. The molecule has 3 rings (SSSR count). The number of amides is 1. The number of tetrazole rings is 1. The van der Waals surface area contributed by atoms with E-state index in [1.165, 1.54) is 11.8 Å². The molecule has 26 heavy (non-hydrogen) atoms. The van der Waals surface area contributed by atoms with Crippen LogP contribution in [-0.2, 0) is 4.79 Å². The molecule has 9 heteroatoms. The fraction of sp³-hybridized carbons (Fsp3) is 0.118. The van der Waals surface area contributed by atoms with Crippen LogP contribution in [0.4, 0.5) is 5.69 Å². The van der Waals surface area contributed by atoms with E-state index in [-0.39, 0.29) is 5.91 Å². The summed E-state index contributed by atoms with van der Waals surface area (Å²) in [4.78, 5) is 12.4. The van der Waals surface area contributed by atoms with Crippen LogP contribution < -0.4 is 5.32 Å². The molecule has 1 atom stereocenters. The predicted octanol–water partition coefficient (Wildman–Crippen LogP) is 3.31. The van der Waals surface area contributed by atoms with E-state index in [4.69, 9.17) is 16.9 Å². The highest BCUT2D eigenvalue weighted by molar-refractivity contribution is 8.00. The van der Waals surface area contributed by atoms with Gasteiger partial charge in [0.15, 0.2) is 0 Å². The number of halogens is 1. The van der Waals surface area contributed by atoms with Gasteiger partial charge < -0.3 is 5.32 Å². The first-order chi connectivity index (χ1) is 12.6. The van der Waals surface area contributed by atoms with Crippen molar-refractivity contribution in [2.45, 2.75) is 17.3 Å². The van der Waals surface area contributed by atoms with Gasteiger partial charge in [-0.3, -0.25) is 4.79 Å². The number of hydrogen-bond acceptors (Lipinski definition) is 6. The second-order valence-corrected chi connectivity index (χ2v) is 7.03. The van der Waals surface area contributed by atoms with Crippen molar-refractivity contribution in [2.24, 2.45) is 0 Å². The molecule has 1 N–H and O–H groups in total. The van der Waals surface area contributed by atoms with Gasteiger partial charge in [0, 0.05) is 10.7 Å². The fourth-order valence-corrected chi connectivity index (χ4v) is 3.01. The summed E-state index contributed by atoms with van der Waals surface area (Å²) in [6, 6.07) is 15.8. The lowest BCUT2D eigenvalue weighted by molar-refractivity contribution is -0.115. The summed E-state index contributed by atoms with van der Waals surface area (Å²) in [6.07, 6.45) is 0. The Morgan fingerprint density at radius 3 is 2.58 bits per heavy atom. The van der Waals surface area contributed by atoms with Gasteiger partial charge in [-0.2, -0.15) is 9.94 Å². The first-order valence-electron chi connectivity index (χ1n) is 7.59. The highest BCUT2D eigenvalue weighted by Crippen LogP contribution is 2.24. The fourth-order valence-electron chi connectivity index (χ4n) is 2.08. The van der Waals surface area contributed by atoms with Crippen molar-refractivity contribution in [2.75, 3.05) is 5.32 Å². The monoisotopic (exact) mass is 384 g/mol. The number of rotatable bonds is 5. The van der Waals surface area contributed by atoms with Gasteiger partial charge in [-0.15, -0.1) is 5.10 Å². The maximum atomic E-state index is 12.4. The molecule has 0 saturated heterocycles. The van der Waals surface area contributed by atoms with Crippen LogP contribution in [0.1, 0.15) is 12.5 Å². The number of nitrogens with zero attached hydrogens (tertiary/aromatic N) is 5. The molecule has 7 nitrogen and oxygen atoms in total. The van der Waals surface area contributed by atoms with Crippen LogP contribution in [0.3, 0.4) is 0 Å². The first-order valence-corrected chi connectivity index (χ1v) is 8.84. The number of benzene rings is 2.